The van der Waals surface area contributed by atoms with Crippen LogP contribution in [0.15, 0.2) is 17.1 Å². The Morgan fingerprint density at radius 2 is 2.05 bits per heavy atom. The molecule has 0 bridgehead atoms. The van der Waals surface area contributed by atoms with Gasteiger partial charge in [-0.05, 0) is 49.3 Å². The maximum atomic E-state index is 10.1. The van der Waals surface area contributed by atoms with Crippen LogP contribution in [0.25, 0.3) is 0 Å². The van der Waals surface area contributed by atoms with E-state index in [-0.39, 0.29) is 24.0 Å². The molecule has 1 aliphatic heterocycles. The summed E-state index contributed by atoms with van der Waals surface area (Å²) < 4.78 is 0. The number of hydrogen-bond donors (Lipinski definition) is 3. The highest BCUT2D eigenvalue weighted by atomic mass is 127. The molecule has 0 saturated heterocycles. The number of aliphatic imine (C=N–C) groups is 1. The Kier molecular flexibility index (Phi) is 5.51. The molecule has 0 radical (unpaired) electrons. The van der Waals surface area contributed by atoms with Crippen molar-refractivity contribution in [2.24, 2.45) is 4.99 Å². The number of halogens is 1. The molecule has 2 aliphatic rings. The minimum absolute atomic E-state index is 0. The molecule has 0 spiro atoms. The van der Waals surface area contributed by atoms with Gasteiger partial charge < -0.3 is 15.7 Å². The van der Waals surface area contributed by atoms with Gasteiger partial charge in [0.2, 0.25) is 0 Å². The van der Waals surface area contributed by atoms with E-state index in [0.29, 0.717) is 12.3 Å². The number of guanidine groups is 1. The Bertz CT molecular complexity index is 502. The molecule has 1 aromatic rings. The van der Waals surface area contributed by atoms with Crippen LogP contribution in [0.4, 0.5) is 0 Å². The van der Waals surface area contributed by atoms with Gasteiger partial charge in [-0.1, -0.05) is 6.07 Å². The fourth-order valence-corrected chi connectivity index (χ4v) is 2.91. The Hall–Kier alpha value is -0.980. The summed E-state index contributed by atoms with van der Waals surface area (Å²) in [5.41, 5.74) is 3.79. The van der Waals surface area contributed by atoms with Gasteiger partial charge in [0, 0.05) is 25.2 Å². The summed E-state index contributed by atoms with van der Waals surface area (Å²) in [6, 6.07) is 3.90. The zero-order valence-electron chi connectivity index (χ0n) is 11.6. The van der Waals surface area contributed by atoms with Crippen LogP contribution in [0.5, 0.6) is 5.75 Å². The first-order valence-electron chi connectivity index (χ1n) is 7.19. The fraction of sp³-hybridized carbons (Fsp3) is 0.533. The number of rotatable bonds is 2. The molecule has 4 nitrogen and oxygen atoms in total. The van der Waals surface area contributed by atoms with Gasteiger partial charge >= 0.3 is 0 Å². The van der Waals surface area contributed by atoms with Gasteiger partial charge in [0.15, 0.2) is 5.96 Å². The van der Waals surface area contributed by atoms with Gasteiger partial charge in [-0.25, -0.2) is 0 Å². The van der Waals surface area contributed by atoms with Gasteiger partial charge in [-0.15, -0.1) is 24.0 Å². The van der Waals surface area contributed by atoms with Gasteiger partial charge in [0.1, 0.15) is 5.75 Å². The second-order valence-corrected chi connectivity index (χ2v) is 5.27. The zero-order valence-corrected chi connectivity index (χ0v) is 13.9. The first kappa shape index (κ1) is 15.4. The Labute approximate surface area is 137 Å². The monoisotopic (exact) mass is 387 g/mol. The Morgan fingerprint density at radius 3 is 2.85 bits per heavy atom. The molecule has 1 aromatic carbocycles. The molecule has 0 unspecified atom stereocenters. The molecule has 3 rings (SSSR count). The van der Waals surface area contributed by atoms with Crippen LogP contribution >= 0.6 is 24.0 Å². The van der Waals surface area contributed by atoms with E-state index in [1.54, 1.807) is 0 Å². The van der Waals surface area contributed by atoms with Crippen molar-refractivity contribution in [3.8, 4) is 5.75 Å². The number of aryl methyl sites for hydroxylation is 1. The predicted octanol–water partition coefficient (Wildman–Crippen LogP) is 2.33. The van der Waals surface area contributed by atoms with Crippen molar-refractivity contribution in [2.75, 3.05) is 13.1 Å². The number of hydrogen-bond acceptors (Lipinski definition) is 4. The van der Waals surface area contributed by atoms with Crippen LogP contribution in [0.2, 0.25) is 0 Å². The number of nitrogens with zero attached hydrogens (tertiary/aromatic N) is 1. The quantitative estimate of drug-likeness (QED) is 0.683. The van der Waals surface area contributed by atoms with Crippen molar-refractivity contribution in [3.63, 3.8) is 0 Å². The van der Waals surface area contributed by atoms with Crippen LogP contribution in [0.3, 0.4) is 0 Å². The zero-order chi connectivity index (χ0) is 13.1. The normalized spacial score (nSPS) is 17.3. The first-order valence-corrected chi connectivity index (χ1v) is 7.19. The molecule has 0 aromatic heterocycles. The maximum Gasteiger partial charge on any atom is 0.191 e. The number of phenolic OH excluding ortho intramolecular Hbond substituents is 1. The molecule has 110 valence electrons. The third-order valence-electron chi connectivity index (χ3n) is 3.96. The summed E-state index contributed by atoms with van der Waals surface area (Å²) in [5.74, 6) is 1.27. The second-order valence-electron chi connectivity index (χ2n) is 5.27. The average Bonchev–Trinajstić information content (AvgIpc) is 2.47. The lowest BCUT2D eigenvalue weighted by atomic mass is 9.88. The summed E-state index contributed by atoms with van der Waals surface area (Å²) >= 11 is 0. The molecule has 1 aliphatic carbocycles. The summed E-state index contributed by atoms with van der Waals surface area (Å²) in [6.07, 6.45) is 5.81. The topological polar surface area (TPSA) is 56.6 Å². The van der Waals surface area contributed by atoms with Crippen LogP contribution < -0.4 is 10.6 Å². The standard InChI is InChI=1S/C15H21N3O.HI/c19-14-7-6-11-4-1-2-5-12(11)13(14)10-18-15-16-8-3-9-17-15;/h6-7,19H,1-5,8-10H2,(H2,16,17,18);1H. The predicted molar refractivity (Wildman–Crippen MR) is 91.9 cm³/mol. The third-order valence-corrected chi connectivity index (χ3v) is 3.96. The van der Waals surface area contributed by atoms with Crippen LogP contribution in [-0.2, 0) is 19.4 Å². The van der Waals surface area contributed by atoms with E-state index in [9.17, 15) is 5.11 Å². The van der Waals surface area contributed by atoms with E-state index < -0.39 is 0 Å². The van der Waals surface area contributed by atoms with Gasteiger partial charge in [-0.3, -0.25) is 4.99 Å². The van der Waals surface area contributed by atoms with Crippen molar-refractivity contribution in [1.82, 2.24) is 10.6 Å². The van der Waals surface area contributed by atoms with E-state index in [1.165, 1.54) is 24.0 Å². The van der Waals surface area contributed by atoms with E-state index in [0.717, 1.165) is 43.9 Å². The minimum atomic E-state index is 0. The largest absolute Gasteiger partial charge is 0.508 e. The molecular formula is C15H22IN3O. The summed E-state index contributed by atoms with van der Waals surface area (Å²) in [4.78, 5) is 4.40. The molecule has 0 saturated carbocycles. The summed E-state index contributed by atoms with van der Waals surface area (Å²) in [5, 5.41) is 16.6. The second kappa shape index (κ2) is 7.15. The summed E-state index contributed by atoms with van der Waals surface area (Å²) in [7, 11) is 0. The number of aromatic hydroxyl groups is 1. The number of benzene rings is 1. The Morgan fingerprint density at radius 1 is 1.20 bits per heavy atom. The van der Waals surface area contributed by atoms with Crippen molar-refractivity contribution < 1.29 is 5.11 Å². The van der Waals surface area contributed by atoms with Gasteiger partial charge in [0.05, 0.1) is 0 Å². The molecule has 20 heavy (non-hydrogen) atoms. The van der Waals surface area contributed by atoms with Crippen molar-refractivity contribution in [3.05, 3.63) is 28.8 Å². The first-order chi connectivity index (χ1) is 9.34. The molecule has 0 amide bonds. The highest BCUT2D eigenvalue weighted by Crippen LogP contribution is 2.30. The van der Waals surface area contributed by atoms with Crippen molar-refractivity contribution in [1.29, 1.82) is 0 Å². The van der Waals surface area contributed by atoms with Crippen LogP contribution in [-0.4, -0.2) is 24.2 Å². The van der Waals surface area contributed by atoms with E-state index >= 15 is 0 Å². The fourth-order valence-electron chi connectivity index (χ4n) is 2.91. The van der Waals surface area contributed by atoms with E-state index in [2.05, 4.69) is 21.7 Å². The molecule has 1 heterocycles. The van der Waals surface area contributed by atoms with Crippen molar-refractivity contribution >= 4 is 29.9 Å². The van der Waals surface area contributed by atoms with Gasteiger partial charge in [-0.2, -0.15) is 0 Å². The third kappa shape index (κ3) is 3.37. The van der Waals surface area contributed by atoms with Crippen LogP contribution in [0, 0.1) is 0 Å². The van der Waals surface area contributed by atoms with Crippen LogP contribution in [0.1, 0.15) is 36.0 Å². The Balaban J connectivity index is 0.00000147. The lowest BCUT2D eigenvalue weighted by Gasteiger charge is -2.22. The molecule has 5 heteroatoms. The number of nitrogens with one attached hydrogen (secondary N) is 2. The summed E-state index contributed by atoms with van der Waals surface area (Å²) in [6.45, 7) is 2.51. The van der Waals surface area contributed by atoms with E-state index in [1.807, 2.05) is 6.07 Å². The highest BCUT2D eigenvalue weighted by Gasteiger charge is 2.16. The lowest BCUT2D eigenvalue weighted by molar-refractivity contribution is 0.464. The number of phenols is 1. The maximum absolute atomic E-state index is 10.1. The molecular weight excluding hydrogens is 365 g/mol. The molecule has 0 atom stereocenters. The highest BCUT2D eigenvalue weighted by molar-refractivity contribution is 14.0. The average molecular weight is 387 g/mol. The molecule has 3 N–H and O–H groups in total. The van der Waals surface area contributed by atoms with Gasteiger partial charge in [0.25, 0.3) is 0 Å². The minimum Gasteiger partial charge on any atom is -0.508 e. The van der Waals surface area contributed by atoms with Crippen molar-refractivity contribution in [2.45, 2.75) is 38.6 Å². The SMILES string of the molecule is I.Oc1ccc2c(c1CNC1=NCCCN1)CCCC2. The van der Waals surface area contributed by atoms with E-state index in [4.69, 9.17) is 0 Å². The number of fused-ring (bicyclic) bond motifs is 1. The lowest BCUT2D eigenvalue weighted by Crippen LogP contribution is -2.40. The smallest absolute Gasteiger partial charge is 0.191 e. The molecule has 0 fully saturated rings.